The molecule has 0 aromatic heterocycles. The Hall–Kier alpha value is -3.01. The summed E-state index contributed by atoms with van der Waals surface area (Å²) in [5, 5.41) is 36.5. The van der Waals surface area contributed by atoms with Gasteiger partial charge in [-0.05, 0) is 57.2 Å². The van der Waals surface area contributed by atoms with Crippen molar-refractivity contribution in [1.29, 1.82) is 0 Å². The molecule has 0 aliphatic carbocycles. The normalized spacial score (nSPS) is 31.7. The molecule has 0 radical (unpaired) electrons. The lowest BCUT2D eigenvalue weighted by Crippen LogP contribution is -2.71. The first-order chi connectivity index (χ1) is 17.5. The van der Waals surface area contributed by atoms with Crippen molar-refractivity contribution in [3.63, 3.8) is 0 Å². The smallest absolute Gasteiger partial charge is 0.312 e. The van der Waals surface area contributed by atoms with Crippen LogP contribution in [0.4, 0.5) is 5.69 Å². The number of hydrogen-bond acceptors (Lipinski definition) is 6. The fourth-order valence-corrected chi connectivity index (χ4v) is 6.93. The highest BCUT2D eigenvalue weighted by molar-refractivity contribution is 5.85. The Morgan fingerprint density at radius 3 is 2.37 bits per heavy atom. The van der Waals surface area contributed by atoms with Crippen molar-refractivity contribution in [1.82, 2.24) is 10.2 Å². The highest BCUT2D eigenvalue weighted by Crippen LogP contribution is 2.60. The number of halogens is 1. The van der Waals surface area contributed by atoms with Crippen molar-refractivity contribution in [2.24, 2.45) is 16.7 Å². The topological polar surface area (TPSA) is 133 Å². The number of benzene rings is 2. The Balaban J connectivity index is 0.00000400. The Labute approximate surface area is 228 Å². The summed E-state index contributed by atoms with van der Waals surface area (Å²) in [6.07, 6.45) is 1.40. The summed E-state index contributed by atoms with van der Waals surface area (Å²) in [6.45, 7) is 7.11. The minimum atomic E-state index is -1.53. The number of piperidine rings is 2. The number of nitrogens with one attached hydrogen (secondary N) is 1. The van der Waals surface area contributed by atoms with Gasteiger partial charge in [0.15, 0.2) is 0 Å². The van der Waals surface area contributed by atoms with E-state index in [0.29, 0.717) is 25.1 Å². The van der Waals surface area contributed by atoms with Crippen LogP contribution in [0.2, 0.25) is 0 Å². The van der Waals surface area contributed by atoms with Crippen molar-refractivity contribution in [3.8, 4) is 0 Å². The van der Waals surface area contributed by atoms with Gasteiger partial charge in [-0.2, -0.15) is 0 Å². The van der Waals surface area contributed by atoms with E-state index in [-0.39, 0.29) is 24.0 Å². The predicted molar refractivity (Wildman–Crippen MR) is 145 cm³/mol. The van der Waals surface area contributed by atoms with Crippen molar-refractivity contribution in [2.45, 2.75) is 58.2 Å². The minimum absolute atomic E-state index is 0. The molecule has 0 bridgehead atoms. The zero-order valence-electron chi connectivity index (χ0n) is 21.9. The van der Waals surface area contributed by atoms with Crippen molar-refractivity contribution in [3.05, 3.63) is 75.8 Å². The number of aliphatic carboxylic acids is 2. The molecule has 2 saturated heterocycles. The van der Waals surface area contributed by atoms with Crippen molar-refractivity contribution < 1.29 is 24.7 Å². The van der Waals surface area contributed by atoms with E-state index >= 15 is 0 Å². The van der Waals surface area contributed by atoms with Crippen LogP contribution >= 0.6 is 12.4 Å². The van der Waals surface area contributed by atoms with E-state index in [1.165, 1.54) is 18.2 Å². The van der Waals surface area contributed by atoms with E-state index in [0.717, 1.165) is 18.5 Å². The van der Waals surface area contributed by atoms with Gasteiger partial charge < -0.3 is 15.5 Å². The molecule has 206 valence electrons. The van der Waals surface area contributed by atoms with Crippen LogP contribution in [-0.2, 0) is 16.1 Å². The number of carboxylic acids is 2. The second kappa shape index (κ2) is 11.4. The van der Waals surface area contributed by atoms with Gasteiger partial charge in [0.1, 0.15) is 0 Å². The molecule has 6 atom stereocenters. The molecule has 2 aromatic rings. The highest BCUT2D eigenvalue weighted by Gasteiger charge is 2.67. The van der Waals surface area contributed by atoms with Crippen molar-refractivity contribution >= 4 is 30.0 Å². The average Bonchev–Trinajstić information content (AvgIpc) is 2.86. The van der Waals surface area contributed by atoms with Gasteiger partial charge in [0.2, 0.25) is 0 Å². The molecule has 2 aliphatic heterocycles. The minimum Gasteiger partial charge on any atom is -0.481 e. The maximum atomic E-state index is 13.5. The number of hydrogen-bond donors (Lipinski definition) is 3. The number of carbonyl (C=O) groups is 2. The number of likely N-dealkylation sites (tertiary alicyclic amines) is 1. The average molecular weight is 546 g/mol. The standard InChI is InChI=1S/C28H35N3O6.ClH/c1-18-27(3,25(32)33)24(21-11-7-13-23(15-21)31(36)37)28(26(34)35,19(2)29-18)22-12-8-14-30(17-22)16-20-9-5-4-6-10-20;/h4-7,9-11,13,15,18-19,22,24,29H,8,12,14,16-17H2,1-3H3,(H,32,33)(H,34,35);1H/t18?,19?,22-,24+,27?,28?;/m0./s1. The first-order valence-corrected chi connectivity index (χ1v) is 12.8. The number of nitro benzene ring substituents is 1. The van der Waals surface area contributed by atoms with E-state index in [2.05, 4.69) is 10.2 Å². The zero-order chi connectivity index (χ0) is 27.0. The van der Waals surface area contributed by atoms with Gasteiger partial charge in [0.25, 0.3) is 5.69 Å². The van der Waals surface area contributed by atoms with E-state index in [9.17, 15) is 29.9 Å². The number of non-ortho nitro benzene ring substituents is 1. The van der Waals surface area contributed by atoms with Crippen LogP contribution in [0.3, 0.4) is 0 Å². The molecule has 2 fully saturated rings. The van der Waals surface area contributed by atoms with Crippen molar-refractivity contribution in [2.75, 3.05) is 13.1 Å². The Kier molecular flexibility index (Phi) is 8.86. The van der Waals surface area contributed by atoms with Gasteiger partial charge in [0, 0.05) is 43.2 Å². The monoisotopic (exact) mass is 545 g/mol. The molecule has 38 heavy (non-hydrogen) atoms. The summed E-state index contributed by atoms with van der Waals surface area (Å²) < 4.78 is 0. The van der Waals surface area contributed by atoms with Crippen LogP contribution in [-0.4, -0.2) is 57.1 Å². The third kappa shape index (κ3) is 4.90. The predicted octanol–water partition coefficient (Wildman–Crippen LogP) is 4.55. The SMILES string of the molecule is CC1NC(C)C(C(=O)O)([C@H]2CCCN(Cc3ccccc3)C2)[C@H](c2cccc([N+](=O)[O-])c2)C1(C)C(=O)O.Cl. The summed E-state index contributed by atoms with van der Waals surface area (Å²) >= 11 is 0. The molecule has 0 spiro atoms. The lowest BCUT2D eigenvalue weighted by molar-refractivity contribution is -0.385. The molecule has 9 nitrogen and oxygen atoms in total. The quantitative estimate of drug-likeness (QED) is 0.341. The summed E-state index contributed by atoms with van der Waals surface area (Å²) in [5.41, 5.74) is -1.72. The Morgan fingerprint density at radius 2 is 1.76 bits per heavy atom. The molecule has 10 heteroatoms. The fourth-order valence-electron chi connectivity index (χ4n) is 6.93. The van der Waals surface area contributed by atoms with Gasteiger partial charge in [-0.25, -0.2) is 0 Å². The highest BCUT2D eigenvalue weighted by atomic mass is 35.5. The van der Waals surface area contributed by atoms with Crippen LogP contribution in [0.1, 0.15) is 50.7 Å². The molecule has 3 N–H and O–H groups in total. The molecule has 0 saturated carbocycles. The summed E-state index contributed by atoms with van der Waals surface area (Å²) in [4.78, 5) is 39.7. The zero-order valence-corrected chi connectivity index (χ0v) is 22.7. The van der Waals surface area contributed by atoms with E-state index in [4.69, 9.17) is 0 Å². The second-order valence-electron chi connectivity index (χ2n) is 10.8. The number of rotatable bonds is 7. The molecule has 0 amide bonds. The maximum absolute atomic E-state index is 13.5. The van der Waals surface area contributed by atoms with E-state index in [1.54, 1.807) is 19.9 Å². The number of carboxylic acid groups (broad SMARTS) is 2. The van der Waals surface area contributed by atoms with Gasteiger partial charge >= 0.3 is 11.9 Å². The molecule has 4 unspecified atom stereocenters. The molecular weight excluding hydrogens is 510 g/mol. The van der Waals surface area contributed by atoms with Crippen LogP contribution in [0, 0.1) is 26.9 Å². The van der Waals surface area contributed by atoms with Crippen LogP contribution in [0.25, 0.3) is 0 Å². The summed E-state index contributed by atoms with van der Waals surface area (Å²) in [5.74, 6) is -3.57. The molecule has 4 rings (SSSR count). The second-order valence-corrected chi connectivity index (χ2v) is 10.8. The lowest BCUT2D eigenvalue weighted by atomic mass is 9.48. The first kappa shape index (κ1) is 29.5. The van der Waals surface area contributed by atoms with Gasteiger partial charge in [0.05, 0.1) is 15.8 Å². The Bertz CT molecular complexity index is 1180. The van der Waals surface area contributed by atoms with Gasteiger partial charge in [-0.15, -0.1) is 12.4 Å². The van der Waals surface area contributed by atoms with Gasteiger partial charge in [-0.3, -0.25) is 24.6 Å². The van der Waals surface area contributed by atoms with Gasteiger partial charge in [-0.1, -0.05) is 42.5 Å². The largest absolute Gasteiger partial charge is 0.481 e. The molecule has 2 aliphatic rings. The van der Waals surface area contributed by atoms with E-state index in [1.807, 2.05) is 37.3 Å². The summed E-state index contributed by atoms with van der Waals surface area (Å²) in [6, 6.07) is 14.7. The molecular formula is C28H36ClN3O6. The van der Waals surface area contributed by atoms with Crippen LogP contribution in [0.5, 0.6) is 0 Å². The molecule has 2 heterocycles. The number of nitrogens with zero attached hydrogens (tertiary/aromatic N) is 2. The lowest BCUT2D eigenvalue weighted by Gasteiger charge is -2.59. The fraction of sp³-hybridized carbons (Fsp3) is 0.500. The maximum Gasteiger partial charge on any atom is 0.312 e. The third-order valence-corrected chi connectivity index (χ3v) is 8.87. The van der Waals surface area contributed by atoms with Crippen LogP contribution < -0.4 is 5.32 Å². The first-order valence-electron chi connectivity index (χ1n) is 12.8. The van der Waals surface area contributed by atoms with Crippen LogP contribution in [0.15, 0.2) is 54.6 Å². The molecule has 2 aromatic carbocycles. The number of nitro groups is 1. The third-order valence-electron chi connectivity index (χ3n) is 8.87. The Morgan fingerprint density at radius 1 is 1.08 bits per heavy atom. The van der Waals surface area contributed by atoms with E-state index < -0.39 is 45.7 Å². The summed E-state index contributed by atoms with van der Waals surface area (Å²) in [7, 11) is 0.